The Hall–Kier alpha value is -3.15. The lowest BCUT2D eigenvalue weighted by Gasteiger charge is -2.06. The summed E-state index contributed by atoms with van der Waals surface area (Å²) in [5.41, 5.74) is 3.24. The normalized spacial score (nSPS) is 10.8. The first-order valence-electron chi connectivity index (χ1n) is 7.36. The Balaban J connectivity index is 1.80. The summed E-state index contributed by atoms with van der Waals surface area (Å²) in [6.07, 6.45) is 1.21. The molecule has 24 heavy (non-hydrogen) atoms. The van der Waals surface area contributed by atoms with Crippen LogP contribution in [0.3, 0.4) is 0 Å². The maximum atomic E-state index is 12.1. The second kappa shape index (κ2) is 6.16. The summed E-state index contributed by atoms with van der Waals surface area (Å²) in [6.45, 7) is 3.93. The number of nitro groups is 1. The number of furan rings is 1. The fraction of sp³-hybridized carbons (Fsp3) is 0.167. The highest BCUT2D eigenvalue weighted by atomic mass is 16.6. The van der Waals surface area contributed by atoms with E-state index in [1.165, 1.54) is 6.07 Å². The van der Waals surface area contributed by atoms with Crippen LogP contribution in [0, 0.1) is 24.0 Å². The molecule has 0 aliphatic heterocycles. The number of carbonyl (C=O) groups is 1. The van der Waals surface area contributed by atoms with Gasteiger partial charge in [-0.3, -0.25) is 14.9 Å². The summed E-state index contributed by atoms with van der Waals surface area (Å²) in [5.74, 6) is -0.174. The van der Waals surface area contributed by atoms with Crippen LogP contribution in [0.4, 0.5) is 5.69 Å². The molecule has 0 spiro atoms. The third kappa shape index (κ3) is 3.27. The standard InChI is InChI=1S/C18H15NO5/c1-11-5-12(2)7-13(6-11)8-18(20)24-14-3-4-17-15(9-14)16(10-23-17)19(21)22/h3-7,9-10H,8H2,1-2H3. The number of carbonyl (C=O) groups excluding carboxylic acids is 1. The Labute approximate surface area is 137 Å². The van der Waals surface area contributed by atoms with Gasteiger partial charge in [0.25, 0.3) is 0 Å². The molecule has 0 saturated heterocycles. The van der Waals surface area contributed by atoms with Crippen molar-refractivity contribution in [1.82, 2.24) is 0 Å². The maximum absolute atomic E-state index is 12.1. The van der Waals surface area contributed by atoms with Crippen LogP contribution in [0.25, 0.3) is 11.0 Å². The van der Waals surface area contributed by atoms with Crippen LogP contribution in [-0.4, -0.2) is 10.9 Å². The van der Waals surface area contributed by atoms with E-state index in [0.29, 0.717) is 11.0 Å². The lowest BCUT2D eigenvalue weighted by atomic mass is 10.1. The van der Waals surface area contributed by atoms with Gasteiger partial charge in [-0.25, -0.2) is 0 Å². The molecule has 0 radical (unpaired) electrons. The molecular weight excluding hydrogens is 310 g/mol. The minimum Gasteiger partial charge on any atom is -0.457 e. The maximum Gasteiger partial charge on any atom is 0.315 e. The van der Waals surface area contributed by atoms with E-state index in [1.807, 2.05) is 32.0 Å². The zero-order valence-electron chi connectivity index (χ0n) is 13.2. The average molecular weight is 325 g/mol. The summed E-state index contributed by atoms with van der Waals surface area (Å²) in [6, 6.07) is 10.4. The van der Waals surface area contributed by atoms with Crippen molar-refractivity contribution in [3.8, 4) is 5.75 Å². The number of rotatable bonds is 4. The van der Waals surface area contributed by atoms with Crippen molar-refractivity contribution in [1.29, 1.82) is 0 Å². The predicted octanol–water partition coefficient (Wildman–Crippen LogP) is 4.11. The molecule has 0 atom stereocenters. The van der Waals surface area contributed by atoms with Gasteiger partial charge in [-0.15, -0.1) is 0 Å². The molecule has 6 heteroatoms. The van der Waals surface area contributed by atoms with Crippen LogP contribution >= 0.6 is 0 Å². The third-order valence-corrected chi connectivity index (χ3v) is 3.58. The number of hydrogen-bond donors (Lipinski definition) is 0. The van der Waals surface area contributed by atoms with E-state index < -0.39 is 10.9 Å². The molecule has 0 amide bonds. The molecule has 0 aliphatic rings. The molecule has 0 aliphatic carbocycles. The summed E-state index contributed by atoms with van der Waals surface area (Å²) < 4.78 is 10.4. The van der Waals surface area contributed by atoms with Gasteiger partial charge in [0.1, 0.15) is 16.7 Å². The Morgan fingerprint density at radius 2 is 1.88 bits per heavy atom. The lowest BCUT2D eigenvalue weighted by Crippen LogP contribution is -2.11. The summed E-state index contributed by atoms with van der Waals surface area (Å²) in [5, 5.41) is 11.3. The summed E-state index contributed by atoms with van der Waals surface area (Å²) in [4.78, 5) is 22.5. The van der Waals surface area contributed by atoms with E-state index in [1.54, 1.807) is 12.1 Å². The highest BCUT2D eigenvalue weighted by molar-refractivity contribution is 5.88. The van der Waals surface area contributed by atoms with E-state index in [4.69, 9.17) is 9.15 Å². The number of fused-ring (bicyclic) bond motifs is 1. The van der Waals surface area contributed by atoms with Crippen LogP contribution in [0.1, 0.15) is 16.7 Å². The van der Waals surface area contributed by atoms with Crippen molar-refractivity contribution in [2.24, 2.45) is 0 Å². The van der Waals surface area contributed by atoms with Gasteiger partial charge in [-0.05, 0) is 37.6 Å². The molecule has 0 fully saturated rings. The largest absolute Gasteiger partial charge is 0.457 e. The topological polar surface area (TPSA) is 82.6 Å². The Morgan fingerprint density at radius 3 is 2.54 bits per heavy atom. The van der Waals surface area contributed by atoms with E-state index in [2.05, 4.69) is 0 Å². The van der Waals surface area contributed by atoms with E-state index in [9.17, 15) is 14.9 Å². The lowest BCUT2D eigenvalue weighted by molar-refractivity contribution is -0.383. The van der Waals surface area contributed by atoms with Gasteiger partial charge in [-0.1, -0.05) is 29.3 Å². The number of ether oxygens (including phenoxy) is 1. The predicted molar refractivity (Wildman–Crippen MR) is 88.1 cm³/mol. The van der Waals surface area contributed by atoms with Crippen molar-refractivity contribution in [3.05, 3.63) is 69.5 Å². The molecule has 1 aromatic heterocycles. The molecule has 122 valence electrons. The fourth-order valence-corrected chi connectivity index (χ4v) is 2.70. The quantitative estimate of drug-likeness (QED) is 0.312. The molecule has 1 heterocycles. The van der Waals surface area contributed by atoms with Crippen molar-refractivity contribution in [2.45, 2.75) is 20.3 Å². The first-order chi connectivity index (χ1) is 11.4. The van der Waals surface area contributed by atoms with Gasteiger partial charge in [0.15, 0.2) is 6.26 Å². The number of nitrogens with zero attached hydrogens (tertiary/aromatic N) is 1. The molecular formula is C18H15NO5. The monoisotopic (exact) mass is 325 g/mol. The minimum atomic E-state index is -0.535. The van der Waals surface area contributed by atoms with Crippen molar-refractivity contribution < 1.29 is 18.9 Å². The first-order valence-corrected chi connectivity index (χ1v) is 7.36. The molecule has 2 aromatic carbocycles. The van der Waals surface area contributed by atoms with Crippen molar-refractivity contribution >= 4 is 22.6 Å². The van der Waals surface area contributed by atoms with Gasteiger partial charge in [0.2, 0.25) is 0 Å². The van der Waals surface area contributed by atoms with Gasteiger partial charge >= 0.3 is 11.7 Å². The molecule has 3 rings (SSSR count). The van der Waals surface area contributed by atoms with E-state index in [-0.39, 0.29) is 17.9 Å². The van der Waals surface area contributed by atoms with Gasteiger partial charge < -0.3 is 9.15 Å². The third-order valence-electron chi connectivity index (χ3n) is 3.58. The molecule has 0 N–H and O–H groups in total. The van der Waals surface area contributed by atoms with Crippen LogP contribution in [0.2, 0.25) is 0 Å². The van der Waals surface area contributed by atoms with Crippen LogP contribution in [0.15, 0.2) is 47.1 Å². The SMILES string of the molecule is Cc1cc(C)cc(CC(=O)Oc2ccc3occ([N+](=O)[O-])c3c2)c1. The molecule has 3 aromatic rings. The smallest absolute Gasteiger partial charge is 0.315 e. The van der Waals surface area contributed by atoms with Crippen LogP contribution in [-0.2, 0) is 11.2 Å². The average Bonchev–Trinajstić information content (AvgIpc) is 2.89. The molecule has 6 nitrogen and oxygen atoms in total. The van der Waals surface area contributed by atoms with Crippen molar-refractivity contribution in [3.63, 3.8) is 0 Å². The fourth-order valence-electron chi connectivity index (χ4n) is 2.70. The molecule has 0 unspecified atom stereocenters. The van der Waals surface area contributed by atoms with Crippen molar-refractivity contribution in [2.75, 3.05) is 0 Å². The molecule has 0 bridgehead atoms. The highest BCUT2D eigenvalue weighted by Gasteiger charge is 2.17. The van der Waals surface area contributed by atoms with E-state index in [0.717, 1.165) is 23.0 Å². The highest BCUT2D eigenvalue weighted by Crippen LogP contribution is 2.30. The Morgan fingerprint density at radius 1 is 1.17 bits per heavy atom. The summed E-state index contributed by atoms with van der Waals surface area (Å²) in [7, 11) is 0. The minimum absolute atomic E-state index is 0.133. The Kier molecular flexibility index (Phi) is 4.04. The number of esters is 1. The van der Waals surface area contributed by atoms with Gasteiger partial charge in [0.05, 0.1) is 11.3 Å². The number of hydrogen-bond acceptors (Lipinski definition) is 5. The first kappa shape index (κ1) is 15.7. The van der Waals surface area contributed by atoms with Gasteiger partial charge in [0, 0.05) is 0 Å². The molecule has 0 saturated carbocycles. The van der Waals surface area contributed by atoms with Gasteiger partial charge in [-0.2, -0.15) is 0 Å². The zero-order chi connectivity index (χ0) is 17.3. The summed E-state index contributed by atoms with van der Waals surface area (Å²) >= 11 is 0. The second-order valence-electron chi connectivity index (χ2n) is 5.68. The van der Waals surface area contributed by atoms with Crippen LogP contribution < -0.4 is 4.74 Å². The second-order valence-corrected chi connectivity index (χ2v) is 5.68. The number of benzene rings is 2. The van der Waals surface area contributed by atoms with E-state index >= 15 is 0 Å². The zero-order valence-corrected chi connectivity index (χ0v) is 13.2. The van der Waals surface area contributed by atoms with Crippen LogP contribution in [0.5, 0.6) is 5.75 Å². The number of aryl methyl sites for hydroxylation is 2. The Bertz CT molecular complexity index is 921.